The second-order valence-corrected chi connectivity index (χ2v) is 5.43. The van der Waals surface area contributed by atoms with E-state index >= 15 is 0 Å². The molecule has 0 radical (unpaired) electrons. The number of nitrogens with one attached hydrogen (secondary N) is 1. The van der Waals surface area contributed by atoms with Crippen LogP contribution in [0, 0.1) is 11.7 Å². The van der Waals surface area contributed by atoms with Crippen molar-refractivity contribution in [2.24, 2.45) is 5.92 Å². The summed E-state index contributed by atoms with van der Waals surface area (Å²) in [5, 5.41) is 2.93. The van der Waals surface area contributed by atoms with Crippen LogP contribution in [0.4, 0.5) is 4.39 Å². The minimum Gasteiger partial charge on any atom is -0.349 e. The lowest BCUT2D eigenvalue weighted by Gasteiger charge is -2.31. The lowest BCUT2D eigenvalue weighted by atomic mass is 9.80. The maximum Gasteiger partial charge on any atom is 0.252 e. The summed E-state index contributed by atoms with van der Waals surface area (Å²) in [6, 6.07) is 4.30. The molecule has 1 aromatic carbocycles. The van der Waals surface area contributed by atoms with E-state index in [1.54, 1.807) is 6.07 Å². The van der Waals surface area contributed by atoms with Crippen LogP contribution in [0.15, 0.2) is 22.7 Å². The number of carbonyl (C=O) groups is 1. The molecule has 1 saturated carbocycles. The molecule has 17 heavy (non-hydrogen) atoms. The van der Waals surface area contributed by atoms with Gasteiger partial charge in [0.05, 0.1) is 5.56 Å². The standard InChI is InChI=1S/C13H15BrFNO/c1-8(9-3-2-4-9)16-13(17)11-7-10(15)5-6-12(11)14/h5-9H,2-4H2,1H3,(H,16,17). The largest absolute Gasteiger partial charge is 0.349 e. The van der Waals surface area contributed by atoms with E-state index in [9.17, 15) is 9.18 Å². The molecule has 1 aliphatic rings. The quantitative estimate of drug-likeness (QED) is 0.909. The molecule has 1 N–H and O–H groups in total. The normalized spacial score (nSPS) is 17.4. The third-order valence-corrected chi connectivity index (χ3v) is 4.08. The Morgan fingerprint density at radius 3 is 2.82 bits per heavy atom. The van der Waals surface area contributed by atoms with Gasteiger partial charge in [0.2, 0.25) is 0 Å². The second kappa shape index (κ2) is 5.17. The predicted octanol–water partition coefficient (Wildman–Crippen LogP) is 3.51. The van der Waals surface area contributed by atoms with E-state index in [1.165, 1.54) is 31.4 Å². The summed E-state index contributed by atoms with van der Waals surface area (Å²) in [7, 11) is 0. The van der Waals surface area contributed by atoms with Gasteiger partial charge in [-0.25, -0.2) is 4.39 Å². The lowest BCUT2D eigenvalue weighted by molar-refractivity contribution is 0.0908. The molecule has 1 amide bonds. The number of benzene rings is 1. The Bertz CT molecular complexity index is 431. The van der Waals surface area contributed by atoms with E-state index in [-0.39, 0.29) is 11.9 Å². The summed E-state index contributed by atoms with van der Waals surface area (Å²) >= 11 is 3.26. The summed E-state index contributed by atoms with van der Waals surface area (Å²) in [5.74, 6) is -0.0308. The van der Waals surface area contributed by atoms with Crippen LogP contribution < -0.4 is 5.32 Å². The molecule has 1 fully saturated rings. The third kappa shape index (κ3) is 2.86. The van der Waals surface area contributed by atoms with E-state index in [1.807, 2.05) is 6.92 Å². The molecule has 1 atom stereocenters. The Hall–Kier alpha value is -0.900. The van der Waals surface area contributed by atoms with E-state index < -0.39 is 5.82 Å². The number of amides is 1. The highest BCUT2D eigenvalue weighted by Gasteiger charge is 2.25. The molecule has 1 aliphatic carbocycles. The topological polar surface area (TPSA) is 29.1 Å². The van der Waals surface area contributed by atoms with Crippen molar-refractivity contribution in [2.45, 2.75) is 32.2 Å². The molecule has 1 unspecified atom stereocenters. The van der Waals surface area contributed by atoms with Gasteiger partial charge in [0.1, 0.15) is 5.82 Å². The number of hydrogen-bond acceptors (Lipinski definition) is 1. The van der Waals surface area contributed by atoms with Crippen molar-refractivity contribution in [3.05, 3.63) is 34.1 Å². The van der Waals surface area contributed by atoms with Crippen LogP contribution in [0.3, 0.4) is 0 Å². The summed E-state index contributed by atoms with van der Waals surface area (Å²) in [4.78, 5) is 12.0. The first kappa shape index (κ1) is 12.6. The zero-order valence-corrected chi connectivity index (χ0v) is 11.3. The molecular weight excluding hydrogens is 285 g/mol. The van der Waals surface area contributed by atoms with Crippen molar-refractivity contribution in [2.75, 3.05) is 0 Å². The Morgan fingerprint density at radius 2 is 2.24 bits per heavy atom. The molecule has 0 aliphatic heterocycles. The Balaban J connectivity index is 2.05. The monoisotopic (exact) mass is 299 g/mol. The molecule has 1 aromatic rings. The van der Waals surface area contributed by atoms with Crippen molar-refractivity contribution in [1.82, 2.24) is 5.32 Å². The summed E-state index contributed by atoms with van der Waals surface area (Å²) < 4.78 is 13.7. The lowest BCUT2D eigenvalue weighted by Crippen LogP contribution is -2.40. The molecule has 2 nitrogen and oxygen atoms in total. The highest BCUT2D eigenvalue weighted by molar-refractivity contribution is 9.10. The Kier molecular flexibility index (Phi) is 3.82. The van der Waals surface area contributed by atoms with Gasteiger partial charge in [-0.1, -0.05) is 6.42 Å². The summed E-state index contributed by atoms with van der Waals surface area (Å²) in [6.07, 6.45) is 3.59. The van der Waals surface area contributed by atoms with Gasteiger partial charge in [0.25, 0.3) is 5.91 Å². The summed E-state index contributed by atoms with van der Waals surface area (Å²) in [6.45, 7) is 2.01. The average Bonchev–Trinajstić information content (AvgIpc) is 2.18. The molecule has 0 heterocycles. The fourth-order valence-electron chi connectivity index (χ4n) is 2.01. The maximum absolute atomic E-state index is 13.1. The Morgan fingerprint density at radius 1 is 1.53 bits per heavy atom. The molecular formula is C13H15BrFNO. The SMILES string of the molecule is CC(NC(=O)c1cc(F)ccc1Br)C1CCC1. The number of carbonyl (C=O) groups excluding carboxylic acids is 1. The number of hydrogen-bond donors (Lipinski definition) is 1. The summed E-state index contributed by atoms with van der Waals surface area (Å²) in [5.41, 5.74) is 0.358. The van der Waals surface area contributed by atoms with Crippen LogP contribution in [0.2, 0.25) is 0 Å². The van der Waals surface area contributed by atoms with E-state index in [0.29, 0.717) is 16.0 Å². The van der Waals surface area contributed by atoms with Gasteiger partial charge >= 0.3 is 0 Å². The first-order valence-electron chi connectivity index (χ1n) is 5.84. The van der Waals surface area contributed by atoms with E-state index in [0.717, 1.165) is 0 Å². The second-order valence-electron chi connectivity index (χ2n) is 4.58. The highest BCUT2D eigenvalue weighted by Crippen LogP contribution is 2.29. The minimum atomic E-state index is -0.394. The Labute approximate surface area is 109 Å². The first-order chi connectivity index (χ1) is 8.08. The van der Waals surface area contributed by atoms with Crippen molar-refractivity contribution in [3.8, 4) is 0 Å². The molecule has 4 heteroatoms. The van der Waals surface area contributed by atoms with Gasteiger partial charge < -0.3 is 5.32 Å². The van der Waals surface area contributed by atoms with Crippen LogP contribution in [0.1, 0.15) is 36.5 Å². The zero-order chi connectivity index (χ0) is 12.4. The van der Waals surface area contributed by atoms with Crippen LogP contribution in [0.5, 0.6) is 0 Å². The molecule has 0 saturated heterocycles. The predicted molar refractivity (Wildman–Crippen MR) is 68.4 cm³/mol. The zero-order valence-electron chi connectivity index (χ0n) is 9.67. The van der Waals surface area contributed by atoms with Crippen LogP contribution in [-0.4, -0.2) is 11.9 Å². The van der Waals surface area contributed by atoms with Gasteiger partial charge in [-0.15, -0.1) is 0 Å². The fourth-order valence-corrected chi connectivity index (χ4v) is 2.44. The van der Waals surface area contributed by atoms with E-state index in [2.05, 4.69) is 21.2 Å². The smallest absolute Gasteiger partial charge is 0.252 e. The van der Waals surface area contributed by atoms with Crippen molar-refractivity contribution in [1.29, 1.82) is 0 Å². The van der Waals surface area contributed by atoms with Gasteiger partial charge in [-0.2, -0.15) is 0 Å². The van der Waals surface area contributed by atoms with Crippen molar-refractivity contribution in [3.63, 3.8) is 0 Å². The van der Waals surface area contributed by atoms with Crippen molar-refractivity contribution >= 4 is 21.8 Å². The van der Waals surface area contributed by atoms with Crippen molar-refractivity contribution < 1.29 is 9.18 Å². The van der Waals surface area contributed by atoms with Crippen LogP contribution in [0.25, 0.3) is 0 Å². The third-order valence-electron chi connectivity index (χ3n) is 3.39. The average molecular weight is 300 g/mol. The van der Waals surface area contributed by atoms with Gasteiger partial charge in [0.15, 0.2) is 0 Å². The maximum atomic E-state index is 13.1. The molecule has 2 rings (SSSR count). The van der Waals surface area contributed by atoms with Gasteiger partial charge in [-0.05, 0) is 59.8 Å². The first-order valence-corrected chi connectivity index (χ1v) is 6.63. The van der Waals surface area contributed by atoms with Gasteiger partial charge in [-0.3, -0.25) is 4.79 Å². The highest BCUT2D eigenvalue weighted by atomic mass is 79.9. The molecule has 0 bridgehead atoms. The minimum absolute atomic E-state index is 0.159. The van der Waals surface area contributed by atoms with Crippen LogP contribution >= 0.6 is 15.9 Å². The van der Waals surface area contributed by atoms with Gasteiger partial charge in [0, 0.05) is 10.5 Å². The molecule has 0 spiro atoms. The number of halogens is 2. The fraction of sp³-hybridized carbons (Fsp3) is 0.462. The van der Waals surface area contributed by atoms with Crippen LogP contribution in [-0.2, 0) is 0 Å². The number of rotatable bonds is 3. The molecule has 92 valence electrons. The van der Waals surface area contributed by atoms with E-state index in [4.69, 9.17) is 0 Å². The molecule has 0 aromatic heterocycles.